The van der Waals surface area contributed by atoms with Crippen molar-refractivity contribution in [3.63, 3.8) is 0 Å². The summed E-state index contributed by atoms with van der Waals surface area (Å²) < 4.78 is 11.4. The predicted octanol–water partition coefficient (Wildman–Crippen LogP) is 4.06. The Morgan fingerprint density at radius 3 is 2.58 bits per heavy atom. The Morgan fingerprint density at radius 1 is 1.12 bits per heavy atom. The zero-order valence-electron chi connectivity index (χ0n) is 14.9. The van der Waals surface area contributed by atoms with Gasteiger partial charge in [0.2, 0.25) is 5.88 Å². The number of nitrogens with two attached hydrogens (primary N) is 2. The van der Waals surface area contributed by atoms with Crippen molar-refractivity contribution in [2.24, 2.45) is 5.73 Å². The smallest absolute Gasteiger partial charge is 0.205 e. The number of anilines is 1. The van der Waals surface area contributed by atoms with Crippen molar-refractivity contribution in [3.05, 3.63) is 65.0 Å². The third-order valence-corrected chi connectivity index (χ3v) is 4.47. The van der Waals surface area contributed by atoms with E-state index in [2.05, 4.69) is 13.0 Å². The van der Waals surface area contributed by atoms with Gasteiger partial charge >= 0.3 is 0 Å². The van der Waals surface area contributed by atoms with Crippen LogP contribution in [-0.2, 0) is 0 Å². The van der Waals surface area contributed by atoms with E-state index in [-0.39, 0.29) is 11.8 Å². The maximum absolute atomic E-state index is 9.58. The van der Waals surface area contributed by atoms with Crippen molar-refractivity contribution in [2.45, 2.75) is 32.1 Å². The lowest BCUT2D eigenvalue weighted by Gasteiger charge is -2.26. The van der Waals surface area contributed by atoms with Gasteiger partial charge in [-0.1, -0.05) is 38.0 Å². The largest absolute Gasteiger partial charge is 0.494 e. The second-order valence-electron chi connectivity index (χ2n) is 6.35. The minimum atomic E-state index is -0.279. The number of hydrogen-bond donors (Lipinski definition) is 2. The molecule has 1 heterocycles. The molecular formula is C21H23N3O2. The topological polar surface area (TPSA) is 94.3 Å². The molecule has 0 aliphatic carbocycles. The van der Waals surface area contributed by atoms with Crippen LogP contribution in [0.2, 0.25) is 0 Å². The highest BCUT2D eigenvalue weighted by molar-refractivity contribution is 5.59. The molecule has 0 radical (unpaired) electrons. The zero-order chi connectivity index (χ0) is 18.5. The number of unbranched alkanes of at least 4 members (excludes halogenated alkanes) is 2. The number of hydrogen-bond acceptors (Lipinski definition) is 5. The summed E-state index contributed by atoms with van der Waals surface area (Å²) >= 11 is 0. The van der Waals surface area contributed by atoms with Gasteiger partial charge in [-0.25, -0.2) is 0 Å². The summed E-state index contributed by atoms with van der Waals surface area (Å²) in [4.78, 5) is 0. The summed E-state index contributed by atoms with van der Waals surface area (Å²) in [5.41, 5.74) is 14.6. The Balaban J connectivity index is 1.88. The molecule has 0 spiro atoms. The number of nitriles is 1. The molecule has 3 rings (SSSR count). The SMILES string of the molecule is CCCCCOc1ccc([C@H]2C(C#N)=C(N)Oc3cc(N)ccc32)cc1. The van der Waals surface area contributed by atoms with E-state index in [1.807, 2.05) is 30.3 Å². The Kier molecular flexibility index (Phi) is 5.33. The molecule has 0 fully saturated rings. The van der Waals surface area contributed by atoms with Crippen LogP contribution in [0.3, 0.4) is 0 Å². The Hall–Kier alpha value is -3.13. The van der Waals surface area contributed by atoms with Crippen LogP contribution in [0.4, 0.5) is 5.69 Å². The van der Waals surface area contributed by atoms with E-state index in [9.17, 15) is 5.26 Å². The Morgan fingerprint density at radius 2 is 1.88 bits per heavy atom. The molecular weight excluding hydrogens is 326 g/mol. The summed E-state index contributed by atoms with van der Waals surface area (Å²) in [6.45, 7) is 2.88. The lowest BCUT2D eigenvalue weighted by atomic mass is 9.83. The van der Waals surface area contributed by atoms with Crippen molar-refractivity contribution in [1.29, 1.82) is 5.26 Å². The Bertz CT molecular complexity index is 851. The highest BCUT2D eigenvalue weighted by Gasteiger charge is 2.30. The maximum atomic E-state index is 9.58. The van der Waals surface area contributed by atoms with Gasteiger partial charge < -0.3 is 20.9 Å². The molecule has 0 aromatic heterocycles. The fourth-order valence-electron chi connectivity index (χ4n) is 3.11. The quantitative estimate of drug-likeness (QED) is 0.606. The van der Waals surface area contributed by atoms with Crippen molar-refractivity contribution >= 4 is 5.69 Å². The number of ether oxygens (including phenoxy) is 2. The van der Waals surface area contributed by atoms with Gasteiger partial charge in [0, 0.05) is 17.3 Å². The first-order valence-corrected chi connectivity index (χ1v) is 8.83. The highest BCUT2D eigenvalue weighted by atomic mass is 16.5. The molecule has 5 heteroatoms. The lowest BCUT2D eigenvalue weighted by molar-refractivity contribution is 0.306. The first-order valence-electron chi connectivity index (χ1n) is 8.83. The molecule has 2 aromatic rings. The van der Waals surface area contributed by atoms with E-state index in [4.69, 9.17) is 20.9 Å². The van der Waals surface area contributed by atoms with Crippen LogP contribution in [-0.4, -0.2) is 6.61 Å². The van der Waals surface area contributed by atoms with Gasteiger partial charge in [0.25, 0.3) is 0 Å². The zero-order valence-corrected chi connectivity index (χ0v) is 14.9. The van der Waals surface area contributed by atoms with Gasteiger partial charge in [0.15, 0.2) is 0 Å². The molecule has 1 atom stereocenters. The third kappa shape index (κ3) is 3.60. The third-order valence-electron chi connectivity index (χ3n) is 4.47. The van der Waals surface area contributed by atoms with Crippen LogP contribution in [0.1, 0.15) is 43.2 Å². The first kappa shape index (κ1) is 17.7. The van der Waals surface area contributed by atoms with Gasteiger partial charge in [-0.15, -0.1) is 0 Å². The van der Waals surface area contributed by atoms with Gasteiger partial charge in [-0.2, -0.15) is 5.26 Å². The van der Waals surface area contributed by atoms with Crippen LogP contribution < -0.4 is 20.9 Å². The van der Waals surface area contributed by atoms with Crippen molar-refractivity contribution in [3.8, 4) is 17.6 Å². The van der Waals surface area contributed by atoms with Gasteiger partial charge in [-0.05, 0) is 30.2 Å². The predicted molar refractivity (Wildman–Crippen MR) is 102 cm³/mol. The summed E-state index contributed by atoms with van der Waals surface area (Å²) in [5, 5.41) is 9.58. The summed E-state index contributed by atoms with van der Waals surface area (Å²) in [6, 6.07) is 15.4. The van der Waals surface area contributed by atoms with Crippen LogP contribution in [0.15, 0.2) is 53.9 Å². The molecule has 26 heavy (non-hydrogen) atoms. The molecule has 0 saturated carbocycles. The van der Waals surface area contributed by atoms with Crippen molar-refractivity contribution in [2.75, 3.05) is 12.3 Å². The van der Waals surface area contributed by atoms with E-state index < -0.39 is 0 Å². The van der Waals surface area contributed by atoms with E-state index in [0.717, 1.165) is 29.7 Å². The van der Waals surface area contributed by atoms with E-state index in [1.165, 1.54) is 6.42 Å². The number of nitrogens with zero attached hydrogens (tertiary/aromatic N) is 1. The van der Waals surface area contributed by atoms with E-state index in [0.29, 0.717) is 23.6 Å². The molecule has 4 N–H and O–H groups in total. The molecule has 0 unspecified atom stereocenters. The maximum Gasteiger partial charge on any atom is 0.205 e. The lowest BCUT2D eigenvalue weighted by Crippen LogP contribution is -2.21. The Labute approximate surface area is 153 Å². The molecule has 134 valence electrons. The average Bonchev–Trinajstić information content (AvgIpc) is 2.64. The molecule has 1 aliphatic rings. The van der Waals surface area contributed by atoms with Crippen LogP contribution in [0, 0.1) is 11.3 Å². The van der Waals surface area contributed by atoms with Gasteiger partial charge in [-0.3, -0.25) is 0 Å². The molecule has 5 nitrogen and oxygen atoms in total. The molecule has 1 aliphatic heterocycles. The molecule has 2 aromatic carbocycles. The standard InChI is InChI=1S/C21H23N3O2/c1-2-3-4-11-25-16-8-5-14(6-9-16)20-17-10-7-15(23)12-19(17)26-21(24)18(20)13-22/h5-10,12,20H,2-4,11,23-24H2,1H3/t20-/m1/s1. The molecule has 0 bridgehead atoms. The monoisotopic (exact) mass is 349 g/mol. The average molecular weight is 349 g/mol. The van der Waals surface area contributed by atoms with E-state index >= 15 is 0 Å². The minimum absolute atomic E-state index is 0.121. The number of rotatable bonds is 6. The number of nitrogen functional groups attached to an aromatic ring is 1. The fourth-order valence-corrected chi connectivity index (χ4v) is 3.11. The molecule has 0 saturated heterocycles. The second kappa shape index (κ2) is 7.83. The number of allylic oxidation sites excluding steroid dienone is 1. The number of benzene rings is 2. The summed E-state index contributed by atoms with van der Waals surface area (Å²) in [5.74, 6) is 1.25. The van der Waals surface area contributed by atoms with Crippen LogP contribution in [0.5, 0.6) is 11.5 Å². The first-order chi connectivity index (χ1) is 12.6. The summed E-state index contributed by atoms with van der Waals surface area (Å²) in [7, 11) is 0. The van der Waals surface area contributed by atoms with Crippen molar-refractivity contribution < 1.29 is 9.47 Å². The minimum Gasteiger partial charge on any atom is -0.494 e. The van der Waals surface area contributed by atoms with Crippen molar-refractivity contribution in [1.82, 2.24) is 0 Å². The summed E-state index contributed by atoms with van der Waals surface area (Å²) in [6.07, 6.45) is 3.38. The van der Waals surface area contributed by atoms with E-state index in [1.54, 1.807) is 12.1 Å². The number of fused-ring (bicyclic) bond motifs is 1. The van der Waals surface area contributed by atoms with Crippen LogP contribution >= 0.6 is 0 Å². The fraction of sp³-hybridized carbons (Fsp3) is 0.286. The van der Waals surface area contributed by atoms with Gasteiger partial charge in [0.1, 0.15) is 23.1 Å². The van der Waals surface area contributed by atoms with Crippen LogP contribution in [0.25, 0.3) is 0 Å². The second-order valence-corrected chi connectivity index (χ2v) is 6.35. The highest BCUT2D eigenvalue weighted by Crippen LogP contribution is 2.42. The normalized spacial score (nSPS) is 15.8. The molecule has 0 amide bonds. The van der Waals surface area contributed by atoms with Gasteiger partial charge in [0.05, 0.1) is 12.5 Å².